The number of amides is 1. The molecule has 0 radical (unpaired) electrons. The Morgan fingerprint density at radius 1 is 1.03 bits per heavy atom. The Labute approximate surface area is 185 Å². The third-order valence-corrected chi connectivity index (χ3v) is 6.59. The number of nitrogens with zero attached hydrogens (tertiary/aromatic N) is 2. The summed E-state index contributed by atoms with van der Waals surface area (Å²) in [6.45, 7) is 9.38. The molecule has 1 saturated heterocycles. The number of para-hydroxylation sites is 1. The first-order valence-corrected chi connectivity index (χ1v) is 11.4. The number of hydrogen-bond acceptors (Lipinski definition) is 2. The molecule has 1 amide bonds. The number of hydrogen-bond donors (Lipinski definition) is 0. The average Bonchev–Trinajstić information content (AvgIpc) is 3.41. The van der Waals surface area contributed by atoms with Gasteiger partial charge in [-0.15, -0.1) is 0 Å². The van der Waals surface area contributed by atoms with E-state index in [1.165, 1.54) is 22.0 Å². The third kappa shape index (κ3) is 4.63. The summed E-state index contributed by atoms with van der Waals surface area (Å²) in [5, 5.41) is 1.25. The summed E-state index contributed by atoms with van der Waals surface area (Å²) in [6.07, 6.45) is 5.11. The second-order valence-electron chi connectivity index (χ2n) is 9.79. The molecule has 0 saturated carbocycles. The van der Waals surface area contributed by atoms with Crippen molar-refractivity contribution in [2.75, 3.05) is 20.2 Å². The lowest BCUT2D eigenvalue weighted by Gasteiger charge is -2.31. The van der Waals surface area contributed by atoms with Crippen molar-refractivity contribution in [2.45, 2.75) is 52.5 Å². The molecule has 4 nitrogen and oxygen atoms in total. The van der Waals surface area contributed by atoms with Gasteiger partial charge in [-0.3, -0.25) is 4.79 Å². The largest absolute Gasteiger partial charge is 0.497 e. The fourth-order valence-electron chi connectivity index (χ4n) is 4.76. The van der Waals surface area contributed by atoms with Crippen LogP contribution in [0, 0.1) is 5.41 Å². The molecule has 0 N–H and O–H groups in total. The average molecular weight is 419 g/mol. The molecule has 2 aromatic carbocycles. The van der Waals surface area contributed by atoms with Gasteiger partial charge in [-0.05, 0) is 53.5 Å². The number of likely N-dealkylation sites (tertiary alicyclic amines) is 1. The van der Waals surface area contributed by atoms with Gasteiger partial charge in [0.1, 0.15) is 5.75 Å². The number of carbonyl (C=O) groups is 1. The molecule has 0 bridgehead atoms. The first kappa shape index (κ1) is 21.5. The van der Waals surface area contributed by atoms with Gasteiger partial charge in [-0.1, -0.05) is 51.1 Å². The van der Waals surface area contributed by atoms with Gasteiger partial charge in [0.25, 0.3) is 0 Å². The van der Waals surface area contributed by atoms with Crippen molar-refractivity contribution in [2.24, 2.45) is 5.41 Å². The molecule has 1 fully saturated rings. The lowest BCUT2D eigenvalue weighted by Crippen LogP contribution is -2.31. The molecule has 0 spiro atoms. The van der Waals surface area contributed by atoms with Gasteiger partial charge >= 0.3 is 0 Å². The van der Waals surface area contributed by atoms with Gasteiger partial charge in [0, 0.05) is 43.2 Å². The smallest absolute Gasteiger partial charge is 0.223 e. The van der Waals surface area contributed by atoms with Crippen LogP contribution in [0.25, 0.3) is 10.9 Å². The molecule has 1 aromatic heterocycles. The van der Waals surface area contributed by atoms with Gasteiger partial charge in [-0.25, -0.2) is 0 Å². The first-order valence-electron chi connectivity index (χ1n) is 11.4. The van der Waals surface area contributed by atoms with Crippen LogP contribution in [-0.4, -0.2) is 35.6 Å². The highest BCUT2D eigenvalue weighted by atomic mass is 16.5. The van der Waals surface area contributed by atoms with E-state index in [4.69, 9.17) is 4.74 Å². The predicted octanol–water partition coefficient (Wildman–Crippen LogP) is 5.84. The van der Waals surface area contributed by atoms with Gasteiger partial charge in [0.15, 0.2) is 0 Å². The van der Waals surface area contributed by atoms with Crippen molar-refractivity contribution < 1.29 is 9.53 Å². The Bertz CT molecular complexity index is 1040. The lowest BCUT2D eigenvalue weighted by atomic mass is 9.74. The van der Waals surface area contributed by atoms with E-state index in [0.29, 0.717) is 12.3 Å². The second kappa shape index (κ2) is 8.78. The summed E-state index contributed by atoms with van der Waals surface area (Å²) < 4.78 is 7.62. The summed E-state index contributed by atoms with van der Waals surface area (Å²) in [7, 11) is 1.69. The maximum absolute atomic E-state index is 13.1. The highest BCUT2D eigenvalue weighted by Crippen LogP contribution is 2.42. The van der Waals surface area contributed by atoms with Crippen molar-refractivity contribution in [3.05, 3.63) is 65.9 Å². The van der Waals surface area contributed by atoms with E-state index >= 15 is 0 Å². The topological polar surface area (TPSA) is 34.5 Å². The Kier molecular flexibility index (Phi) is 6.08. The molecule has 0 unspecified atom stereocenters. The summed E-state index contributed by atoms with van der Waals surface area (Å²) in [6, 6.07) is 16.8. The van der Waals surface area contributed by atoms with E-state index in [1.54, 1.807) is 7.11 Å². The lowest BCUT2D eigenvalue weighted by molar-refractivity contribution is -0.131. The van der Waals surface area contributed by atoms with Crippen LogP contribution >= 0.6 is 0 Å². The summed E-state index contributed by atoms with van der Waals surface area (Å²) in [5.74, 6) is 1.34. The molecule has 1 aliphatic heterocycles. The Morgan fingerprint density at radius 2 is 1.71 bits per heavy atom. The van der Waals surface area contributed by atoms with Crippen molar-refractivity contribution in [3.63, 3.8) is 0 Å². The number of ether oxygens (including phenoxy) is 1. The van der Waals surface area contributed by atoms with E-state index in [0.717, 1.165) is 38.2 Å². The minimum Gasteiger partial charge on any atom is -0.497 e. The van der Waals surface area contributed by atoms with Crippen LogP contribution in [0.4, 0.5) is 0 Å². The van der Waals surface area contributed by atoms with Crippen LogP contribution < -0.4 is 4.74 Å². The van der Waals surface area contributed by atoms with Crippen LogP contribution in [-0.2, 0) is 11.3 Å². The van der Waals surface area contributed by atoms with Crippen LogP contribution in [0.5, 0.6) is 5.75 Å². The molecule has 1 atom stereocenters. The normalized spacial score (nSPS) is 15.4. The van der Waals surface area contributed by atoms with Crippen LogP contribution in [0.1, 0.15) is 57.1 Å². The quantitative estimate of drug-likeness (QED) is 0.504. The van der Waals surface area contributed by atoms with Crippen molar-refractivity contribution >= 4 is 16.8 Å². The zero-order chi connectivity index (χ0) is 22.0. The molecule has 0 aliphatic carbocycles. The predicted molar refractivity (Wildman–Crippen MR) is 127 cm³/mol. The zero-order valence-electron chi connectivity index (χ0n) is 19.2. The summed E-state index contributed by atoms with van der Waals surface area (Å²) >= 11 is 0. The molecular weight excluding hydrogens is 384 g/mol. The molecular formula is C27H34N2O2. The van der Waals surface area contributed by atoms with E-state index in [1.807, 2.05) is 12.1 Å². The number of fused-ring (bicyclic) bond motifs is 1. The van der Waals surface area contributed by atoms with Gasteiger partial charge in [0.05, 0.1) is 7.11 Å². The Balaban J connectivity index is 1.69. The maximum Gasteiger partial charge on any atom is 0.223 e. The van der Waals surface area contributed by atoms with Crippen molar-refractivity contribution in [1.82, 2.24) is 9.47 Å². The van der Waals surface area contributed by atoms with Crippen molar-refractivity contribution in [1.29, 1.82) is 0 Å². The molecule has 4 rings (SSSR count). The summed E-state index contributed by atoms with van der Waals surface area (Å²) in [4.78, 5) is 15.1. The van der Waals surface area contributed by atoms with Crippen LogP contribution in [0.2, 0.25) is 0 Å². The Morgan fingerprint density at radius 3 is 2.35 bits per heavy atom. The van der Waals surface area contributed by atoms with E-state index < -0.39 is 0 Å². The number of aromatic nitrogens is 1. The maximum atomic E-state index is 13.1. The van der Waals surface area contributed by atoms with Gasteiger partial charge < -0.3 is 14.2 Å². The monoisotopic (exact) mass is 418 g/mol. The minimum absolute atomic E-state index is 0.00947. The molecule has 1 aliphatic rings. The van der Waals surface area contributed by atoms with E-state index in [9.17, 15) is 4.79 Å². The fourth-order valence-corrected chi connectivity index (χ4v) is 4.76. The first-order chi connectivity index (χ1) is 14.9. The molecule has 31 heavy (non-hydrogen) atoms. The SMILES string of the molecule is COc1ccc(Cn2cc([C@H](CC(=O)N3CCCC3)C(C)(C)C)c3ccccc32)cc1. The summed E-state index contributed by atoms with van der Waals surface area (Å²) in [5.41, 5.74) is 3.72. The molecule has 2 heterocycles. The van der Waals surface area contributed by atoms with Crippen LogP contribution in [0.3, 0.4) is 0 Å². The van der Waals surface area contributed by atoms with Crippen molar-refractivity contribution in [3.8, 4) is 5.75 Å². The minimum atomic E-state index is -0.00947. The van der Waals surface area contributed by atoms with Crippen LogP contribution in [0.15, 0.2) is 54.7 Å². The molecule has 3 aromatic rings. The molecule has 164 valence electrons. The highest BCUT2D eigenvalue weighted by molar-refractivity contribution is 5.86. The Hall–Kier alpha value is -2.75. The van der Waals surface area contributed by atoms with E-state index in [2.05, 4.69) is 72.8 Å². The zero-order valence-corrected chi connectivity index (χ0v) is 19.2. The van der Waals surface area contributed by atoms with E-state index in [-0.39, 0.29) is 11.3 Å². The number of methoxy groups -OCH3 is 1. The fraction of sp³-hybridized carbons (Fsp3) is 0.444. The standard InChI is InChI=1S/C27H34N2O2/c1-27(2,3)24(17-26(30)28-15-7-8-16-28)23-19-29(25-10-6-5-9-22(23)25)18-20-11-13-21(31-4)14-12-20/h5-6,9-14,19,24H,7-8,15-18H2,1-4H3/t24-/m0/s1. The number of rotatable bonds is 6. The second-order valence-corrected chi connectivity index (χ2v) is 9.79. The third-order valence-electron chi connectivity index (χ3n) is 6.59. The molecule has 4 heteroatoms. The number of carbonyl (C=O) groups excluding carboxylic acids is 1. The number of benzene rings is 2. The van der Waals surface area contributed by atoms with Gasteiger partial charge in [0.2, 0.25) is 5.91 Å². The van der Waals surface area contributed by atoms with Gasteiger partial charge in [-0.2, -0.15) is 0 Å². The highest BCUT2D eigenvalue weighted by Gasteiger charge is 2.33.